The maximum Gasteiger partial charge on any atom is 0.257 e. The van der Waals surface area contributed by atoms with E-state index in [2.05, 4.69) is 13.8 Å². The van der Waals surface area contributed by atoms with Gasteiger partial charge in [-0.15, -0.1) is 0 Å². The summed E-state index contributed by atoms with van der Waals surface area (Å²) in [6.07, 6.45) is 4.10. The van der Waals surface area contributed by atoms with Crippen molar-refractivity contribution < 1.29 is 9.90 Å². The number of nitrogens with zero attached hydrogens (tertiary/aromatic N) is 1. The van der Waals surface area contributed by atoms with Crippen LogP contribution in [0.3, 0.4) is 0 Å². The standard InChI is InChI=1S/C15H24N2O2/c1-4-6-8-11(5-2)17(3)15(19)12-9-7-10-13(16)14(12)18/h7,9-11,18H,4-6,8,16H2,1-3H3. The van der Waals surface area contributed by atoms with Gasteiger partial charge in [-0.25, -0.2) is 0 Å². The van der Waals surface area contributed by atoms with E-state index in [1.165, 1.54) is 0 Å². The summed E-state index contributed by atoms with van der Waals surface area (Å²) in [7, 11) is 1.79. The van der Waals surface area contributed by atoms with Crippen molar-refractivity contribution in [2.45, 2.75) is 45.6 Å². The summed E-state index contributed by atoms with van der Waals surface area (Å²) in [5.41, 5.74) is 6.14. The Labute approximate surface area is 115 Å². The van der Waals surface area contributed by atoms with Crippen LogP contribution in [-0.2, 0) is 0 Å². The average molecular weight is 264 g/mol. The van der Waals surface area contributed by atoms with Gasteiger partial charge in [-0.1, -0.05) is 32.8 Å². The van der Waals surface area contributed by atoms with Crippen molar-refractivity contribution >= 4 is 11.6 Å². The Morgan fingerprint density at radius 1 is 1.42 bits per heavy atom. The zero-order valence-electron chi connectivity index (χ0n) is 12.0. The topological polar surface area (TPSA) is 66.6 Å². The molecule has 3 N–H and O–H groups in total. The molecule has 0 aliphatic carbocycles. The van der Waals surface area contributed by atoms with Gasteiger partial charge in [-0.2, -0.15) is 0 Å². The van der Waals surface area contributed by atoms with Crippen LogP contribution < -0.4 is 5.73 Å². The lowest BCUT2D eigenvalue weighted by molar-refractivity contribution is 0.0715. The largest absolute Gasteiger partial charge is 0.505 e. The third-order valence-electron chi connectivity index (χ3n) is 3.53. The molecule has 19 heavy (non-hydrogen) atoms. The van der Waals surface area contributed by atoms with Crippen molar-refractivity contribution in [1.82, 2.24) is 4.90 Å². The maximum absolute atomic E-state index is 12.4. The van der Waals surface area contributed by atoms with E-state index in [9.17, 15) is 9.90 Å². The van der Waals surface area contributed by atoms with Crippen molar-refractivity contribution in [2.75, 3.05) is 12.8 Å². The SMILES string of the molecule is CCCCC(CC)N(C)C(=O)c1cccc(N)c1O. The fourth-order valence-corrected chi connectivity index (χ4v) is 2.20. The fraction of sp³-hybridized carbons (Fsp3) is 0.533. The molecule has 1 atom stereocenters. The summed E-state index contributed by atoms with van der Waals surface area (Å²) in [6, 6.07) is 5.08. The van der Waals surface area contributed by atoms with Crippen molar-refractivity contribution in [3.63, 3.8) is 0 Å². The molecule has 1 unspecified atom stereocenters. The molecular weight excluding hydrogens is 240 g/mol. The Morgan fingerprint density at radius 2 is 2.11 bits per heavy atom. The number of unbranched alkanes of at least 4 members (excludes halogenated alkanes) is 1. The quantitative estimate of drug-likeness (QED) is 0.613. The van der Waals surface area contributed by atoms with Crippen LogP contribution in [0.5, 0.6) is 5.75 Å². The van der Waals surface area contributed by atoms with Gasteiger partial charge in [-0.05, 0) is 25.0 Å². The Balaban J connectivity index is 2.88. The van der Waals surface area contributed by atoms with Gasteiger partial charge in [0.1, 0.15) is 0 Å². The van der Waals surface area contributed by atoms with Crippen LogP contribution >= 0.6 is 0 Å². The second-order valence-corrected chi connectivity index (χ2v) is 4.86. The summed E-state index contributed by atoms with van der Waals surface area (Å²) < 4.78 is 0. The number of aromatic hydroxyl groups is 1. The normalized spacial score (nSPS) is 12.2. The molecule has 1 amide bonds. The van der Waals surface area contributed by atoms with Crippen LogP contribution in [0.15, 0.2) is 18.2 Å². The molecule has 0 spiro atoms. The van der Waals surface area contributed by atoms with E-state index in [0.717, 1.165) is 25.7 Å². The number of para-hydroxylation sites is 1. The summed E-state index contributed by atoms with van der Waals surface area (Å²) >= 11 is 0. The van der Waals surface area contributed by atoms with Gasteiger partial charge in [0, 0.05) is 13.1 Å². The van der Waals surface area contributed by atoms with Crippen molar-refractivity contribution in [3.05, 3.63) is 23.8 Å². The monoisotopic (exact) mass is 264 g/mol. The van der Waals surface area contributed by atoms with Gasteiger partial charge in [0.15, 0.2) is 5.75 Å². The van der Waals surface area contributed by atoms with Crippen LogP contribution in [-0.4, -0.2) is 29.0 Å². The number of carbonyl (C=O) groups excluding carboxylic acids is 1. The zero-order chi connectivity index (χ0) is 14.4. The first-order chi connectivity index (χ1) is 9.02. The number of phenols is 1. The number of hydrogen-bond acceptors (Lipinski definition) is 3. The van der Waals surface area contributed by atoms with Gasteiger partial charge in [0.05, 0.1) is 11.3 Å². The van der Waals surface area contributed by atoms with Crippen LogP contribution in [0.25, 0.3) is 0 Å². The highest BCUT2D eigenvalue weighted by Gasteiger charge is 2.22. The molecule has 1 aromatic rings. The molecule has 0 aliphatic heterocycles. The van der Waals surface area contributed by atoms with Gasteiger partial charge < -0.3 is 15.7 Å². The smallest absolute Gasteiger partial charge is 0.257 e. The van der Waals surface area contributed by atoms with Crippen LogP contribution in [0, 0.1) is 0 Å². The Bertz CT molecular complexity index is 432. The molecule has 0 saturated heterocycles. The Kier molecular flexibility index (Phi) is 5.67. The van der Waals surface area contributed by atoms with Gasteiger partial charge in [0.2, 0.25) is 0 Å². The van der Waals surface area contributed by atoms with E-state index >= 15 is 0 Å². The second-order valence-electron chi connectivity index (χ2n) is 4.86. The molecule has 4 nitrogen and oxygen atoms in total. The number of rotatable bonds is 6. The molecule has 0 bridgehead atoms. The highest BCUT2D eigenvalue weighted by atomic mass is 16.3. The molecule has 1 rings (SSSR count). The van der Waals surface area contributed by atoms with E-state index in [1.54, 1.807) is 30.1 Å². The minimum Gasteiger partial charge on any atom is -0.505 e. The highest BCUT2D eigenvalue weighted by Crippen LogP contribution is 2.26. The summed E-state index contributed by atoms with van der Waals surface area (Å²) in [5, 5.41) is 9.87. The molecule has 4 heteroatoms. The number of nitrogens with two attached hydrogens (primary N) is 1. The van der Waals surface area contributed by atoms with E-state index in [-0.39, 0.29) is 28.9 Å². The second kappa shape index (κ2) is 7.02. The van der Waals surface area contributed by atoms with Crippen LogP contribution in [0.4, 0.5) is 5.69 Å². The fourth-order valence-electron chi connectivity index (χ4n) is 2.20. The van der Waals surface area contributed by atoms with E-state index < -0.39 is 0 Å². The van der Waals surface area contributed by atoms with E-state index in [4.69, 9.17) is 5.73 Å². The lowest BCUT2D eigenvalue weighted by Gasteiger charge is -2.27. The van der Waals surface area contributed by atoms with Crippen molar-refractivity contribution in [3.8, 4) is 5.75 Å². The van der Waals surface area contributed by atoms with Crippen LogP contribution in [0.2, 0.25) is 0 Å². The van der Waals surface area contributed by atoms with E-state index in [0.29, 0.717) is 0 Å². The summed E-state index contributed by atoms with van der Waals surface area (Å²) in [6.45, 7) is 4.21. The molecule has 0 aliphatic rings. The molecular formula is C15H24N2O2. The number of carbonyl (C=O) groups is 1. The maximum atomic E-state index is 12.4. The van der Waals surface area contributed by atoms with Gasteiger partial charge >= 0.3 is 0 Å². The third kappa shape index (κ3) is 3.63. The Hall–Kier alpha value is -1.71. The molecule has 0 saturated carbocycles. The first-order valence-electron chi connectivity index (χ1n) is 6.87. The molecule has 0 aromatic heterocycles. The van der Waals surface area contributed by atoms with Crippen LogP contribution in [0.1, 0.15) is 49.9 Å². The minimum atomic E-state index is -0.173. The molecule has 0 radical (unpaired) electrons. The van der Waals surface area contributed by atoms with Crippen molar-refractivity contribution in [2.24, 2.45) is 0 Å². The predicted octanol–water partition coefficient (Wildman–Crippen LogP) is 3.02. The molecule has 0 fully saturated rings. The number of hydrogen-bond donors (Lipinski definition) is 2. The molecule has 1 aromatic carbocycles. The van der Waals surface area contributed by atoms with Gasteiger partial charge in [-0.3, -0.25) is 4.79 Å². The van der Waals surface area contributed by atoms with Crippen molar-refractivity contribution in [1.29, 1.82) is 0 Å². The lowest BCUT2D eigenvalue weighted by Crippen LogP contribution is -2.36. The number of phenolic OH excluding ortho intramolecular Hbond substituents is 1. The first kappa shape index (κ1) is 15.3. The highest BCUT2D eigenvalue weighted by molar-refractivity contribution is 5.98. The lowest BCUT2D eigenvalue weighted by atomic mass is 10.0. The number of nitrogen functional groups attached to an aromatic ring is 1. The summed E-state index contributed by atoms with van der Waals surface area (Å²) in [5.74, 6) is -0.294. The Morgan fingerprint density at radius 3 is 2.68 bits per heavy atom. The molecule has 106 valence electrons. The zero-order valence-corrected chi connectivity index (χ0v) is 12.0. The molecule has 0 heterocycles. The predicted molar refractivity (Wildman–Crippen MR) is 78.2 cm³/mol. The minimum absolute atomic E-state index is 0.121. The number of anilines is 1. The third-order valence-corrected chi connectivity index (χ3v) is 3.53. The first-order valence-corrected chi connectivity index (χ1v) is 6.87. The number of amides is 1. The summed E-state index contributed by atoms with van der Waals surface area (Å²) in [4.78, 5) is 14.1. The number of benzene rings is 1. The van der Waals surface area contributed by atoms with Gasteiger partial charge in [0.25, 0.3) is 5.91 Å². The average Bonchev–Trinajstić information content (AvgIpc) is 2.41. The van der Waals surface area contributed by atoms with E-state index in [1.807, 2.05) is 0 Å².